The van der Waals surface area contributed by atoms with Gasteiger partial charge in [-0.2, -0.15) is 0 Å². The maximum atomic E-state index is 2.27. The zero-order chi connectivity index (χ0) is 12.5. The third-order valence-electron chi connectivity index (χ3n) is 3.54. The van der Waals surface area contributed by atoms with Crippen molar-refractivity contribution in [2.24, 2.45) is 0 Å². The average molecular weight is 244 g/mol. The molecule has 0 radical (unpaired) electrons. The molecule has 3 rings (SSSR count). The Morgan fingerprint density at radius 1 is 0.611 bits per heavy atom. The van der Waals surface area contributed by atoms with Gasteiger partial charge in [0, 0.05) is 4.28 Å². The van der Waals surface area contributed by atoms with E-state index in [1.807, 2.05) is 36.4 Å². The Balaban J connectivity index is 0. The Bertz CT molecular complexity index is 384. The largest absolute Gasteiger partial charge is 0.0623 e. The highest BCUT2D eigenvalue weighted by atomic mass is 14.2. The van der Waals surface area contributed by atoms with E-state index in [0.29, 0.717) is 0 Å². The highest BCUT2D eigenvalue weighted by Gasteiger charge is 2.14. The summed E-state index contributed by atoms with van der Waals surface area (Å²) in [5, 5.41) is 0. The molecule has 0 unspecified atom stereocenters. The summed E-state index contributed by atoms with van der Waals surface area (Å²) in [7, 11) is 0. The minimum Gasteiger partial charge on any atom is -0.0623 e. The van der Waals surface area contributed by atoms with Crippen molar-refractivity contribution in [3.8, 4) is 0 Å². The van der Waals surface area contributed by atoms with Crippen molar-refractivity contribution in [3.05, 3.63) is 72.3 Å². The lowest BCUT2D eigenvalue weighted by atomic mass is 9.84. The monoisotopic (exact) mass is 244 g/mol. The Kier molecular flexibility index (Phi) is 5.52. The summed E-state index contributed by atoms with van der Waals surface area (Å²) in [6, 6.07) is 23.0. The van der Waals surface area contributed by atoms with Gasteiger partial charge in [-0.15, -0.1) is 0 Å². The van der Waals surface area contributed by atoms with Crippen LogP contribution < -0.4 is 0 Å². The van der Waals surface area contributed by atoms with Crippen LogP contribution in [0.4, 0.5) is 0 Å². The van der Waals surface area contributed by atoms with Gasteiger partial charge in [-0.3, -0.25) is 0 Å². The van der Waals surface area contributed by atoms with Crippen LogP contribution in [0.2, 0.25) is 0 Å². The van der Waals surface area contributed by atoms with Gasteiger partial charge in [0.15, 0.2) is 0 Å². The summed E-state index contributed by atoms with van der Waals surface area (Å²) in [4.78, 5) is 0. The predicted octanol–water partition coefficient (Wildman–Crippen LogP) is 6.16. The van der Waals surface area contributed by atoms with Crippen molar-refractivity contribution in [2.45, 2.75) is 38.0 Å². The summed E-state index contributed by atoms with van der Waals surface area (Å²) in [6.07, 6.45) is 7.12. The third-order valence-corrected chi connectivity index (χ3v) is 3.54. The van der Waals surface area contributed by atoms with E-state index in [0.717, 1.165) is 5.92 Å². The van der Waals surface area contributed by atoms with E-state index in [-0.39, 0.29) is 4.28 Å². The van der Waals surface area contributed by atoms with E-state index in [4.69, 9.17) is 0 Å². The number of hydrogen-bond acceptors (Lipinski definition) is 0. The van der Waals surface area contributed by atoms with Gasteiger partial charge in [-0.05, 0) is 24.3 Å². The summed E-state index contributed by atoms with van der Waals surface area (Å²) < 4.78 is 0. The van der Waals surface area contributed by atoms with Gasteiger partial charge in [-0.25, -0.2) is 0 Å². The Labute approximate surface area is 115 Å². The zero-order valence-corrected chi connectivity index (χ0v) is 11.0. The van der Waals surface area contributed by atoms with E-state index in [2.05, 4.69) is 30.3 Å². The van der Waals surface area contributed by atoms with Crippen molar-refractivity contribution in [3.63, 3.8) is 0 Å². The van der Waals surface area contributed by atoms with E-state index in [1.165, 1.54) is 32.1 Å². The molecular weight excluding hydrogens is 216 g/mol. The molecule has 18 heavy (non-hydrogen) atoms. The molecule has 0 spiro atoms. The van der Waals surface area contributed by atoms with Crippen LogP contribution in [0.5, 0.6) is 0 Å². The predicted molar refractivity (Wildman–Crippen MR) is 85.1 cm³/mol. The number of benzene rings is 2. The van der Waals surface area contributed by atoms with Crippen LogP contribution in [0.1, 0.15) is 47.9 Å². The molecule has 0 amide bonds. The molecule has 0 atom stereocenters. The SMILES string of the molecule is [HH].[HH].[HH].c1ccc(C2CCCCC2)cc1.c1ccccc1. The fourth-order valence-corrected chi connectivity index (χ4v) is 2.55. The molecule has 0 heteroatoms. The molecule has 2 aromatic carbocycles. The number of hydrogen-bond donors (Lipinski definition) is 0. The van der Waals surface area contributed by atoms with Gasteiger partial charge < -0.3 is 0 Å². The highest BCUT2D eigenvalue weighted by Crippen LogP contribution is 2.31. The quantitative estimate of drug-likeness (QED) is 0.563. The Hall–Kier alpha value is -1.56. The first-order valence-electron chi connectivity index (χ1n) is 7.02. The Morgan fingerprint density at radius 2 is 1.06 bits per heavy atom. The summed E-state index contributed by atoms with van der Waals surface area (Å²) in [5.74, 6) is 0.861. The van der Waals surface area contributed by atoms with Crippen LogP contribution >= 0.6 is 0 Å². The van der Waals surface area contributed by atoms with Crippen molar-refractivity contribution in [1.29, 1.82) is 0 Å². The van der Waals surface area contributed by atoms with Crippen LogP contribution in [0.25, 0.3) is 0 Å². The zero-order valence-electron chi connectivity index (χ0n) is 11.0. The van der Waals surface area contributed by atoms with E-state index in [1.54, 1.807) is 5.56 Å². The average Bonchev–Trinajstić information content (AvgIpc) is 2.51. The lowest BCUT2D eigenvalue weighted by Gasteiger charge is -2.21. The molecule has 0 heterocycles. The molecular formula is C18H28. The van der Waals surface area contributed by atoms with Crippen LogP contribution in [0, 0.1) is 0 Å². The minimum atomic E-state index is 0. The molecule has 0 aromatic heterocycles. The first kappa shape index (κ1) is 12.9. The lowest BCUT2D eigenvalue weighted by molar-refractivity contribution is 0.443. The normalized spacial score (nSPS) is 15.6. The third kappa shape index (κ3) is 4.37. The van der Waals surface area contributed by atoms with E-state index in [9.17, 15) is 0 Å². The molecule has 1 aliphatic rings. The summed E-state index contributed by atoms with van der Waals surface area (Å²) in [5.41, 5.74) is 1.55. The summed E-state index contributed by atoms with van der Waals surface area (Å²) in [6.45, 7) is 0. The second-order valence-corrected chi connectivity index (χ2v) is 4.90. The van der Waals surface area contributed by atoms with E-state index >= 15 is 0 Å². The van der Waals surface area contributed by atoms with Gasteiger partial charge in [0.1, 0.15) is 0 Å². The first-order valence-corrected chi connectivity index (χ1v) is 7.02. The fraction of sp³-hybridized carbons (Fsp3) is 0.333. The second kappa shape index (κ2) is 7.71. The van der Waals surface area contributed by atoms with Gasteiger partial charge in [0.05, 0.1) is 0 Å². The van der Waals surface area contributed by atoms with Crippen molar-refractivity contribution in [2.75, 3.05) is 0 Å². The van der Waals surface area contributed by atoms with Crippen LogP contribution in [0.3, 0.4) is 0 Å². The maximum absolute atomic E-state index is 2.27. The molecule has 2 aromatic rings. The van der Waals surface area contributed by atoms with Crippen LogP contribution in [0.15, 0.2) is 66.7 Å². The molecule has 100 valence electrons. The van der Waals surface area contributed by atoms with Gasteiger partial charge in [-0.1, -0.05) is 86.0 Å². The maximum Gasteiger partial charge on any atom is 0 e. The van der Waals surface area contributed by atoms with Crippen LogP contribution in [-0.4, -0.2) is 0 Å². The smallest absolute Gasteiger partial charge is 0 e. The van der Waals surface area contributed by atoms with Crippen molar-refractivity contribution >= 4 is 0 Å². The molecule has 1 fully saturated rings. The second-order valence-electron chi connectivity index (χ2n) is 4.90. The Morgan fingerprint density at radius 3 is 1.56 bits per heavy atom. The summed E-state index contributed by atoms with van der Waals surface area (Å²) >= 11 is 0. The standard InChI is InChI=1S/C12H16.C6H6.3H2/c1-3-7-11(8-4-1)12-9-5-2-6-10-12;1-2-4-6-5-3-1;;;/h1,3-4,7-8,12H,2,5-6,9-10H2;1-6H;3*1H. The molecule has 0 N–H and O–H groups in total. The van der Waals surface area contributed by atoms with Crippen molar-refractivity contribution < 1.29 is 4.28 Å². The van der Waals surface area contributed by atoms with Gasteiger partial charge in [0.2, 0.25) is 0 Å². The molecule has 0 saturated heterocycles. The molecule has 1 aliphatic carbocycles. The van der Waals surface area contributed by atoms with Crippen LogP contribution in [-0.2, 0) is 0 Å². The molecule has 0 aliphatic heterocycles. The van der Waals surface area contributed by atoms with E-state index < -0.39 is 0 Å². The topological polar surface area (TPSA) is 0 Å². The van der Waals surface area contributed by atoms with Gasteiger partial charge >= 0.3 is 0 Å². The highest BCUT2D eigenvalue weighted by molar-refractivity contribution is 5.19. The fourth-order valence-electron chi connectivity index (χ4n) is 2.55. The number of rotatable bonds is 1. The molecule has 0 nitrogen and oxygen atoms in total. The van der Waals surface area contributed by atoms with Gasteiger partial charge in [0.25, 0.3) is 0 Å². The molecule has 1 saturated carbocycles. The first-order chi connectivity index (χ1) is 8.97. The van der Waals surface area contributed by atoms with Crippen molar-refractivity contribution in [1.82, 2.24) is 0 Å². The lowest BCUT2D eigenvalue weighted by Crippen LogP contribution is -2.03. The minimum absolute atomic E-state index is 0. The molecule has 0 bridgehead atoms.